The highest BCUT2D eigenvalue weighted by Crippen LogP contribution is 2.33. The third-order valence-electron chi connectivity index (χ3n) is 3.77. The highest BCUT2D eigenvalue weighted by Gasteiger charge is 2.38. The predicted molar refractivity (Wildman–Crippen MR) is 62.0 cm³/mol. The lowest BCUT2D eigenvalue weighted by molar-refractivity contribution is 0.243. The molecule has 82 valence electrons. The third kappa shape index (κ3) is 1.71. The number of hydrogen-bond acceptors (Lipinski definition) is 4. The molecule has 1 N–H and O–H groups in total. The molecule has 3 nitrogen and oxygen atoms in total. The number of hydrogen-bond donors (Lipinski definition) is 1. The molecule has 0 spiro atoms. The molecule has 2 saturated heterocycles. The van der Waals surface area contributed by atoms with Gasteiger partial charge in [0.05, 0.1) is 6.04 Å². The zero-order valence-electron chi connectivity index (χ0n) is 9.02. The number of nitrogens with zero attached hydrogens (tertiary/aromatic N) is 2. The molecule has 1 aromatic rings. The first-order valence-corrected chi connectivity index (χ1v) is 6.56. The maximum absolute atomic E-state index is 4.42. The van der Waals surface area contributed by atoms with Gasteiger partial charge in [-0.1, -0.05) is 0 Å². The number of thiazole rings is 1. The molecule has 3 rings (SSSR count). The normalized spacial score (nSPS) is 33.1. The van der Waals surface area contributed by atoms with Crippen LogP contribution in [-0.4, -0.2) is 36.1 Å². The summed E-state index contributed by atoms with van der Waals surface area (Å²) in [5.74, 6) is 1.76. The van der Waals surface area contributed by atoms with Crippen LogP contribution in [0.15, 0.2) is 11.6 Å². The van der Waals surface area contributed by atoms with Gasteiger partial charge >= 0.3 is 0 Å². The van der Waals surface area contributed by atoms with Gasteiger partial charge in [0, 0.05) is 24.7 Å². The molecule has 4 heteroatoms. The molecule has 3 atom stereocenters. The van der Waals surface area contributed by atoms with Crippen LogP contribution >= 0.6 is 11.3 Å². The van der Waals surface area contributed by atoms with Crippen molar-refractivity contribution in [2.75, 3.05) is 26.2 Å². The summed E-state index contributed by atoms with van der Waals surface area (Å²) in [5.41, 5.74) is 0. The standard InChI is InChI=1S/C11H17N3S/c1-8(11-13-2-3-15-11)14-6-9-4-12-5-10(9)7-14/h2-3,8-10,12H,4-7H2,1H3. The van der Waals surface area contributed by atoms with Gasteiger partial charge in [0.2, 0.25) is 0 Å². The van der Waals surface area contributed by atoms with E-state index in [-0.39, 0.29) is 0 Å². The number of rotatable bonds is 2. The molecule has 15 heavy (non-hydrogen) atoms. The van der Waals surface area contributed by atoms with Crippen molar-refractivity contribution in [2.24, 2.45) is 11.8 Å². The van der Waals surface area contributed by atoms with Crippen molar-refractivity contribution in [2.45, 2.75) is 13.0 Å². The van der Waals surface area contributed by atoms with Crippen LogP contribution in [0.5, 0.6) is 0 Å². The molecule has 2 aliphatic rings. The van der Waals surface area contributed by atoms with Crippen molar-refractivity contribution in [3.05, 3.63) is 16.6 Å². The van der Waals surface area contributed by atoms with Gasteiger partial charge in [0.1, 0.15) is 5.01 Å². The minimum Gasteiger partial charge on any atom is -0.316 e. The highest BCUT2D eigenvalue weighted by atomic mass is 32.1. The maximum Gasteiger partial charge on any atom is 0.109 e. The van der Waals surface area contributed by atoms with Crippen molar-refractivity contribution < 1.29 is 0 Å². The second kappa shape index (κ2) is 3.85. The Balaban J connectivity index is 1.69. The topological polar surface area (TPSA) is 28.2 Å². The Bertz CT molecular complexity index is 313. The average Bonchev–Trinajstić information content (AvgIpc) is 2.92. The van der Waals surface area contributed by atoms with Crippen LogP contribution in [0.3, 0.4) is 0 Å². The fraction of sp³-hybridized carbons (Fsp3) is 0.727. The van der Waals surface area contributed by atoms with Gasteiger partial charge < -0.3 is 5.32 Å². The smallest absolute Gasteiger partial charge is 0.109 e. The Labute approximate surface area is 94.5 Å². The lowest BCUT2D eigenvalue weighted by Crippen LogP contribution is -2.28. The molecule has 2 fully saturated rings. The summed E-state index contributed by atoms with van der Waals surface area (Å²) in [7, 11) is 0. The molecule has 0 aliphatic carbocycles. The number of likely N-dealkylation sites (tertiary alicyclic amines) is 1. The van der Waals surface area contributed by atoms with Crippen LogP contribution in [0.25, 0.3) is 0 Å². The first-order chi connectivity index (χ1) is 7.34. The van der Waals surface area contributed by atoms with Crippen molar-refractivity contribution in [3.8, 4) is 0 Å². The van der Waals surface area contributed by atoms with Gasteiger partial charge in [-0.05, 0) is 31.8 Å². The van der Waals surface area contributed by atoms with E-state index < -0.39 is 0 Å². The summed E-state index contributed by atoms with van der Waals surface area (Å²) in [6.45, 7) is 7.21. The van der Waals surface area contributed by atoms with Crippen molar-refractivity contribution in [3.63, 3.8) is 0 Å². The molecular weight excluding hydrogens is 206 g/mol. The van der Waals surface area contributed by atoms with Gasteiger partial charge in [-0.15, -0.1) is 11.3 Å². The Morgan fingerprint density at radius 1 is 1.47 bits per heavy atom. The van der Waals surface area contributed by atoms with Crippen LogP contribution in [0, 0.1) is 11.8 Å². The minimum absolute atomic E-state index is 0.510. The average molecular weight is 223 g/mol. The van der Waals surface area contributed by atoms with E-state index in [0.29, 0.717) is 6.04 Å². The zero-order valence-corrected chi connectivity index (χ0v) is 9.83. The van der Waals surface area contributed by atoms with E-state index in [4.69, 9.17) is 0 Å². The molecule has 3 unspecified atom stereocenters. The van der Waals surface area contributed by atoms with Crippen molar-refractivity contribution >= 4 is 11.3 Å². The lowest BCUT2D eigenvalue weighted by Gasteiger charge is -2.23. The quantitative estimate of drug-likeness (QED) is 0.820. The van der Waals surface area contributed by atoms with Crippen LogP contribution in [0.2, 0.25) is 0 Å². The highest BCUT2D eigenvalue weighted by molar-refractivity contribution is 7.09. The van der Waals surface area contributed by atoms with Gasteiger partial charge in [-0.2, -0.15) is 0 Å². The second-order valence-electron chi connectivity index (χ2n) is 4.68. The van der Waals surface area contributed by atoms with Crippen LogP contribution in [0.1, 0.15) is 18.0 Å². The first kappa shape index (κ1) is 9.75. The summed E-state index contributed by atoms with van der Waals surface area (Å²) in [6.07, 6.45) is 1.91. The molecule has 3 heterocycles. The molecule has 1 aromatic heterocycles. The Morgan fingerprint density at radius 2 is 2.20 bits per heavy atom. The Kier molecular flexibility index (Phi) is 2.50. The second-order valence-corrected chi connectivity index (χ2v) is 5.60. The monoisotopic (exact) mass is 223 g/mol. The summed E-state index contributed by atoms with van der Waals surface area (Å²) in [4.78, 5) is 7.01. The molecule has 0 radical (unpaired) electrons. The van der Waals surface area contributed by atoms with E-state index in [2.05, 4.69) is 27.5 Å². The number of aromatic nitrogens is 1. The van der Waals surface area contributed by atoms with E-state index in [1.165, 1.54) is 31.2 Å². The van der Waals surface area contributed by atoms with Gasteiger partial charge in [0.15, 0.2) is 0 Å². The van der Waals surface area contributed by atoms with Crippen LogP contribution < -0.4 is 5.32 Å². The third-order valence-corrected chi connectivity index (χ3v) is 4.72. The van der Waals surface area contributed by atoms with E-state index in [0.717, 1.165) is 11.8 Å². The Morgan fingerprint density at radius 3 is 2.80 bits per heavy atom. The molecule has 0 bridgehead atoms. The fourth-order valence-corrected chi connectivity index (χ4v) is 3.53. The molecule has 0 aromatic carbocycles. The fourth-order valence-electron chi connectivity index (χ4n) is 2.80. The largest absolute Gasteiger partial charge is 0.316 e. The van der Waals surface area contributed by atoms with E-state index in [9.17, 15) is 0 Å². The van der Waals surface area contributed by atoms with E-state index in [1.807, 2.05) is 6.20 Å². The minimum atomic E-state index is 0.510. The summed E-state index contributed by atoms with van der Waals surface area (Å²) < 4.78 is 0. The molecule has 0 amide bonds. The van der Waals surface area contributed by atoms with Crippen molar-refractivity contribution in [1.82, 2.24) is 15.2 Å². The SMILES string of the molecule is CC(c1nccs1)N1CC2CNCC2C1. The molecule has 2 aliphatic heterocycles. The van der Waals surface area contributed by atoms with Gasteiger partial charge in [-0.3, -0.25) is 4.90 Å². The predicted octanol–water partition coefficient (Wildman–Crippen LogP) is 1.36. The lowest BCUT2D eigenvalue weighted by atomic mass is 10.0. The Hall–Kier alpha value is -0.450. The molecular formula is C11H17N3S. The van der Waals surface area contributed by atoms with Crippen LogP contribution in [0.4, 0.5) is 0 Å². The summed E-state index contributed by atoms with van der Waals surface area (Å²) >= 11 is 1.78. The summed E-state index contributed by atoms with van der Waals surface area (Å²) in [6, 6.07) is 0.510. The van der Waals surface area contributed by atoms with E-state index >= 15 is 0 Å². The first-order valence-electron chi connectivity index (χ1n) is 5.69. The molecule has 0 saturated carbocycles. The summed E-state index contributed by atoms with van der Waals surface area (Å²) in [5, 5.41) is 6.82. The maximum atomic E-state index is 4.42. The zero-order chi connectivity index (χ0) is 10.3. The van der Waals surface area contributed by atoms with Crippen molar-refractivity contribution in [1.29, 1.82) is 0 Å². The van der Waals surface area contributed by atoms with Crippen LogP contribution in [-0.2, 0) is 0 Å². The number of nitrogens with one attached hydrogen (secondary N) is 1. The van der Waals surface area contributed by atoms with Gasteiger partial charge in [-0.25, -0.2) is 4.98 Å². The number of fused-ring (bicyclic) bond motifs is 1. The van der Waals surface area contributed by atoms with E-state index in [1.54, 1.807) is 11.3 Å². The van der Waals surface area contributed by atoms with Gasteiger partial charge in [0.25, 0.3) is 0 Å².